The Labute approximate surface area is 119 Å². The molecule has 1 aromatic carbocycles. The molecule has 0 fully saturated rings. The summed E-state index contributed by atoms with van der Waals surface area (Å²) in [7, 11) is 0. The Morgan fingerprint density at radius 1 is 1.22 bits per heavy atom. The molecule has 0 atom stereocenters. The highest BCUT2D eigenvalue weighted by Crippen LogP contribution is 2.25. The van der Waals surface area contributed by atoms with Gasteiger partial charge in [-0.25, -0.2) is 0 Å². The standard InChI is InChI=1S/C11H6BrN3OS2/c12-9-5-4-8(17-9)11(16)13-6-2-1-3-7-10(6)15-18-14-7/h1-5H,(H,13,16). The smallest absolute Gasteiger partial charge is 0.265 e. The molecule has 0 aliphatic heterocycles. The minimum atomic E-state index is -0.133. The number of anilines is 1. The topological polar surface area (TPSA) is 54.9 Å². The van der Waals surface area contributed by atoms with Gasteiger partial charge in [-0.1, -0.05) is 6.07 Å². The van der Waals surface area contributed by atoms with Crippen LogP contribution < -0.4 is 5.32 Å². The summed E-state index contributed by atoms with van der Waals surface area (Å²) in [4.78, 5) is 12.7. The van der Waals surface area contributed by atoms with Crippen LogP contribution in [0.2, 0.25) is 0 Å². The lowest BCUT2D eigenvalue weighted by Crippen LogP contribution is -2.10. The number of fused-ring (bicyclic) bond motifs is 1. The van der Waals surface area contributed by atoms with Crippen molar-refractivity contribution >= 4 is 61.6 Å². The summed E-state index contributed by atoms with van der Waals surface area (Å²) in [5.74, 6) is -0.133. The zero-order chi connectivity index (χ0) is 12.5. The number of amides is 1. The Bertz CT molecular complexity index is 722. The van der Waals surface area contributed by atoms with Crippen LogP contribution >= 0.6 is 39.0 Å². The summed E-state index contributed by atoms with van der Waals surface area (Å²) >= 11 is 5.87. The summed E-state index contributed by atoms with van der Waals surface area (Å²) in [6, 6.07) is 9.18. The molecule has 0 unspecified atom stereocenters. The zero-order valence-corrected chi connectivity index (χ0v) is 12.1. The molecule has 0 spiro atoms. The normalized spacial score (nSPS) is 10.7. The number of carbonyl (C=O) groups is 1. The van der Waals surface area contributed by atoms with Gasteiger partial charge in [0.25, 0.3) is 5.91 Å². The SMILES string of the molecule is O=C(Nc1cccc2nsnc12)c1ccc(Br)s1. The molecule has 1 amide bonds. The number of rotatable bonds is 2. The predicted molar refractivity (Wildman–Crippen MR) is 77.4 cm³/mol. The maximum Gasteiger partial charge on any atom is 0.265 e. The van der Waals surface area contributed by atoms with Crippen molar-refractivity contribution in [2.75, 3.05) is 5.32 Å². The summed E-state index contributed by atoms with van der Waals surface area (Å²) in [5, 5.41) is 2.86. The number of benzene rings is 1. The van der Waals surface area contributed by atoms with E-state index in [0.29, 0.717) is 10.6 Å². The van der Waals surface area contributed by atoms with Gasteiger partial charge in [-0.15, -0.1) is 11.3 Å². The number of hydrogen-bond donors (Lipinski definition) is 1. The predicted octanol–water partition coefficient (Wildman–Crippen LogP) is 3.77. The molecule has 3 rings (SSSR count). The third kappa shape index (κ3) is 2.16. The summed E-state index contributed by atoms with van der Waals surface area (Å²) < 4.78 is 9.25. The first-order valence-electron chi connectivity index (χ1n) is 5.02. The third-order valence-electron chi connectivity index (χ3n) is 2.33. The van der Waals surface area contributed by atoms with Crippen molar-refractivity contribution in [1.29, 1.82) is 0 Å². The van der Waals surface area contributed by atoms with Crippen LogP contribution in [0.1, 0.15) is 9.67 Å². The minimum absolute atomic E-state index is 0.133. The van der Waals surface area contributed by atoms with Crippen LogP contribution in [0.15, 0.2) is 34.1 Å². The van der Waals surface area contributed by atoms with Gasteiger partial charge in [-0.3, -0.25) is 4.79 Å². The molecular weight excluding hydrogens is 334 g/mol. The number of carbonyl (C=O) groups excluding carboxylic acids is 1. The van der Waals surface area contributed by atoms with Crippen molar-refractivity contribution in [3.63, 3.8) is 0 Å². The van der Waals surface area contributed by atoms with Gasteiger partial charge in [0.15, 0.2) is 0 Å². The number of nitrogens with one attached hydrogen (secondary N) is 1. The maximum atomic E-state index is 12.0. The molecule has 1 N–H and O–H groups in total. The molecule has 90 valence electrons. The Morgan fingerprint density at radius 2 is 2.11 bits per heavy atom. The van der Waals surface area contributed by atoms with E-state index in [2.05, 4.69) is 30.0 Å². The Balaban J connectivity index is 1.92. The highest BCUT2D eigenvalue weighted by Gasteiger charge is 2.11. The third-order valence-corrected chi connectivity index (χ3v) is 4.50. The van der Waals surface area contributed by atoms with Crippen LogP contribution in [0.4, 0.5) is 5.69 Å². The van der Waals surface area contributed by atoms with Crippen LogP contribution in [-0.4, -0.2) is 14.7 Å². The van der Waals surface area contributed by atoms with Crippen molar-refractivity contribution in [2.24, 2.45) is 0 Å². The molecule has 2 heterocycles. The molecule has 0 aliphatic rings. The van der Waals surface area contributed by atoms with E-state index in [-0.39, 0.29) is 5.91 Å². The van der Waals surface area contributed by atoms with Crippen molar-refractivity contribution < 1.29 is 4.79 Å². The number of halogens is 1. The number of aromatic nitrogens is 2. The van der Waals surface area contributed by atoms with Gasteiger partial charge < -0.3 is 5.32 Å². The highest BCUT2D eigenvalue weighted by atomic mass is 79.9. The molecule has 0 bridgehead atoms. The summed E-state index contributed by atoms with van der Waals surface area (Å²) in [6.45, 7) is 0. The molecule has 0 saturated heterocycles. The lowest BCUT2D eigenvalue weighted by molar-refractivity contribution is 0.103. The second kappa shape index (κ2) is 4.75. The van der Waals surface area contributed by atoms with E-state index in [9.17, 15) is 4.79 Å². The van der Waals surface area contributed by atoms with Gasteiger partial charge in [0.05, 0.1) is 26.1 Å². The Morgan fingerprint density at radius 3 is 2.89 bits per heavy atom. The first-order chi connectivity index (χ1) is 8.74. The monoisotopic (exact) mass is 339 g/mol. The lowest BCUT2D eigenvalue weighted by atomic mass is 10.2. The van der Waals surface area contributed by atoms with Crippen LogP contribution in [0.5, 0.6) is 0 Å². The Kier molecular flexibility index (Phi) is 3.11. The first kappa shape index (κ1) is 11.8. The molecule has 0 radical (unpaired) electrons. The molecule has 3 aromatic rings. The van der Waals surface area contributed by atoms with Gasteiger partial charge in [0, 0.05) is 0 Å². The summed E-state index contributed by atoms with van der Waals surface area (Å²) in [6.07, 6.45) is 0. The molecule has 4 nitrogen and oxygen atoms in total. The van der Waals surface area contributed by atoms with Crippen molar-refractivity contribution in [1.82, 2.24) is 8.75 Å². The van der Waals surface area contributed by atoms with Crippen LogP contribution in [-0.2, 0) is 0 Å². The van der Waals surface area contributed by atoms with Crippen LogP contribution in [0.25, 0.3) is 11.0 Å². The van der Waals surface area contributed by atoms with E-state index in [1.54, 1.807) is 6.07 Å². The lowest BCUT2D eigenvalue weighted by Gasteiger charge is -2.03. The molecule has 0 saturated carbocycles. The largest absolute Gasteiger partial charge is 0.319 e. The van der Waals surface area contributed by atoms with Crippen molar-refractivity contribution in [3.05, 3.63) is 39.0 Å². The molecule has 2 aromatic heterocycles. The van der Waals surface area contributed by atoms with E-state index in [1.807, 2.05) is 24.3 Å². The molecule has 7 heteroatoms. The van der Waals surface area contributed by atoms with E-state index in [4.69, 9.17) is 0 Å². The fourth-order valence-corrected chi connectivity index (χ4v) is 3.36. The van der Waals surface area contributed by atoms with Gasteiger partial charge in [0.1, 0.15) is 11.0 Å². The van der Waals surface area contributed by atoms with Gasteiger partial charge in [-0.2, -0.15) is 8.75 Å². The van der Waals surface area contributed by atoms with E-state index < -0.39 is 0 Å². The zero-order valence-electron chi connectivity index (χ0n) is 8.88. The maximum absolute atomic E-state index is 12.0. The first-order valence-corrected chi connectivity index (χ1v) is 7.36. The van der Waals surface area contributed by atoms with Gasteiger partial charge in [0.2, 0.25) is 0 Å². The average molecular weight is 340 g/mol. The van der Waals surface area contributed by atoms with Crippen LogP contribution in [0, 0.1) is 0 Å². The van der Waals surface area contributed by atoms with Gasteiger partial charge in [-0.05, 0) is 40.2 Å². The molecule has 0 aliphatic carbocycles. The van der Waals surface area contributed by atoms with Crippen LogP contribution in [0.3, 0.4) is 0 Å². The van der Waals surface area contributed by atoms with Crippen molar-refractivity contribution in [2.45, 2.75) is 0 Å². The second-order valence-electron chi connectivity index (χ2n) is 3.50. The number of hydrogen-bond acceptors (Lipinski definition) is 5. The van der Waals surface area contributed by atoms with E-state index in [0.717, 1.165) is 26.5 Å². The fourth-order valence-electron chi connectivity index (χ4n) is 1.53. The number of nitrogens with zero attached hydrogens (tertiary/aromatic N) is 2. The second-order valence-corrected chi connectivity index (χ2v) is 6.49. The Hall–Kier alpha value is -1.31. The molecule has 18 heavy (non-hydrogen) atoms. The summed E-state index contributed by atoms with van der Waals surface area (Å²) in [5.41, 5.74) is 2.22. The fraction of sp³-hybridized carbons (Fsp3) is 0. The molecular formula is C11H6BrN3OS2. The average Bonchev–Trinajstić information content (AvgIpc) is 2.97. The number of thiophene rings is 1. The van der Waals surface area contributed by atoms with E-state index >= 15 is 0 Å². The quantitative estimate of drug-likeness (QED) is 0.773. The van der Waals surface area contributed by atoms with E-state index in [1.165, 1.54) is 11.3 Å². The van der Waals surface area contributed by atoms with Crippen molar-refractivity contribution in [3.8, 4) is 0 Å². The highest BCUT2D eigenvalue weighted by molar-refractivity contribution is 9.11. The minimum Gasteiger partial charge on any atom is -0.319 e. The van der Waals surface area contributed by atoms with Gasteiger partial charge >= 0.3 is 0 Å².